The molecular formula is C16H11ClF2N2O3. The first kappa shape index (κ1) is 17.6. The van der Waals surface area contributed by atoms with E-state index in [-0.39, 0.29) is 23.2 Å². The third-order valence-electron chi connectivity index (χ3n) is 2.73. The van der Waals surface area contributed by atoms with Crippen molar-refractivity contribution in [2.45, 2.75) is 5.88 Å². The highest BCUT2D eigenvalue weighted by atomic mass is 35.5. The Kier molecular flexibility index (Phi) is 5.97. The van der Waals surface area contributed by atoms with E-state index < -0.39 is 11.8 Å². The third-order valence-corrected chi connectivity index (χ3v) is 2.97. The van der Waals surface area contributed by atoms with E-state index in [0.29, 0.717) is 11.4 Å². The van der Waals surface area contributed by atoms with Crippen molar-refractivity contribution in [3.8, 4) is 11.5 Å². The number of halogens is 3. The highest BCUT2D eigenvalue weighted by Crippen LogP contribution is 2.18. The summed E-state index contributed by atoms with van der Waals surface area (Å²) in [5, 5.41) is 11.9. The Hall–Kier alpha value is -2.80. The fraction of sp³-hybridized carbons (Fsp3) is 0.0625. The van der Waals surface area contributed by atoms with Crippen LogP contribution in [0.25, 0.3) is 11.5 Å². The van der Waals surface area contributed by atoms with Gasteiger partial charge in [0.15, 0.2) is 5.82 Å². The van der Waals surface area contributed by atoms with Crippen LogP contribution < -0.4 is 0 Å². The quantitative estimate of drug-likeness (QED) is 0.717. The van der Waals surface area contributed by atoms with Gasteiger partial charge in [0.1, 0.15) is 11.6 Å². The predicted molar refractivity (Wildman–Crippen MR) is 82.6 cm³/mol. The molecule has 3 aromatic rings. The van der Waals surface area contributed by atoms with Crippen molar-refractivity contribution in [3.05, 3.63) is 71.6 Å². The van der Waals surface area contributed by atoms with Crippen molar-refractivity contribution in [3.63, 3.8) is 0 Å². The second-order valence-electron chi connectivity index (χ2n) is 4.48. The molecule has 0 radical (unpaired) electrons. The molecular weight excluding hydrogens is 342 g/mol. The van der Waals surface area contributed by atoms with E-state index in [1.54, 1.807) is 12.1 Å². The van der Waals surface area contributed by atoms with Crippen LogP contribution in [0.1, 0.15) is 16.2 Å². The van der Waals surface area contributed by atoms with Gasteiger partial charge in [-0.05, 0) is 36.4 Å². The van der Waals surface area contributed by atoms with Gasteiger partial charge < -0.3 is 9.63 Å². The van der Waals surface area contributed by atoms with Gasteiger partial charge in [-0.15, -0.1) is 11.6 Å². The molecule has 0 aliphatic carbocycles. The second-order valence-corrected chi connectivity index (χ2v) is 4.74. The summed E-state index contributed by atoms with van der Waals surface area (Å²) in [6.07, 6.45) is 0. The minimum Gasteiger partial charge on any atom is -0.478 e. The monoisotopic (exact) mass is 352 g/mol. The van der Waals surface area contributed by atoms with Crippen LogP contribution in [0.4, 0.5) is 8.78 Å². The number of aromatic nitrogens is 2. The summed E-state index contributed by atoms with van der Waals surface area (Å²) >= 11 is 5.50. The minimum atomic E-state index is -1.11. The highest BCUT2D eigenvalue weighted by Gasteiger charge is 2.08. The summed E-state index contributed by atoms with van der Waals surface area (Å²) < 4.78 is 30.0. The van der Waals surface area contributed by atoms with Crippen LogP contribution in [-0.2, 0) is 5.88 Å². The maximum Gasteiger partial charge on any atom is 0.335 e. The molecule has 0 bridgehead atoms. The van der Waals surface area contributed by atoms with Gasteiger partial charge in [0.25, 0.3) is 5.89 Å². The molecule has 8 heteroatoms. The average molecular weight is 353 g/mol. The molecule has 3 rings (SSSR count). The largest absolute Gasteiger partial charge is 0.478 e. The van der Waals surface area contributed by atoms with E-state index >= 15 is 0 Å². The lowest BCUT2D eigenvalue weighted by atomic mass is 10.2. The molecule has 0 fully saturated rings. The maximum absolute atomic E-state index is 12.8. The van der Waals surface area contributed by atoms with Crippen molar-refractivity contribution in [2.75, 3.05) is 0 Å². The number of hydrogen-bond acceptors (Lipinski definition) is 4. The number of benzene rings is 2. The van der Waals surface area contributed by atoms with E-state index in [1.807, 2.05) is 0 Å². The number of rotatable bonds is 3. The van der Waals surface area contributed by atoms with E-state index in [9.17, 15) is 13.6 Å². The van der Waals surface area contributed by atoms with Crippen LogP contribution in [0.5, 0.6) is 0 Å². The number of carbonyl (C=O) groups is 1. The van der Waals surface area contributed by atoms with E-state index in [4.69, 9.17) is 21.2 Å². The normalized spacial score (nSPS) is 9.96. The standard InChI is InChI=1S/C9H6ClFN2O.C7H5FO2/c10-5-8-12-9(14-13-8)6-2-1-3-7(11)4-6;8-6-3-1-2-5(4-6)7(9)10/h1-4H,5H2;1-4H,(H,9,10). The molecule has 0 aliphatic rings. The molecule has 124 valence electrons. The van der Waals surface area contributed by atoms with Gasteiger partial charge in [0.2, 0.25) is 0 Å². The van der Waals surface area contributed by atoms with Crippen molar-refractivity contribution in [1.82, 2.24) is 10.1 Å². The Morgan fingerprint density at radius 3 is 2.29 bits per heavy atom. The van der Waals surface area contributed by atoms with Crippen LogP contribution in [0.15, 0.2) is 53.1 Å². The molecule has 24 heavy (non-hydrogen) atoms. The topological polar surface area (TPSA) is 76.2 Å². The lowest BCUT2D eigenvalue weighted by molar-refractivity contribution is 0.0696. The van der Waals surface area contributed by atoms with Crippen LogP contribution in [0, 0.1) is 11.6 Å². The fourth-order valence-electron chi connectivity index (χ4n) is 1.67. The first-order valence-corrected chi connectivity index (χ1v) is 7.16. The van der Waals surface area contributed by atoms with Crippen LogP contribution >= 0.6 is 11.6 Å². The smallest absolute Gasteiger partial charge is 0.335 e. The van der Waals surface area contributed by atoms with Gasteiger partial charge in [0, 0.05) is 5.56 Å². The van der Waals surface area contributed by atoms with Gasteiger partial charge in [0.05, 0.1) is 11.4 Å². The lowest BCUT2D eigenvalue weighted by Crippen LogP contribution is -1.95. The highest BCUT2D eigenvalue weighted by molar-refractivity contribution is 6.16. The predicted octanol–water partition coefficient (Wildman–Crippen LogP) is 4.14. The molecule has 0 spiro atoms. The molecule has 1 N–H and O–H groups in total. The molecule has 0 saturated carbocycles. The van der Waals surface area contributed by atoms with E-state index in [1.165, 1.54) is 30.3 Å². The fourth-order valence-corrected chi connectivity index (χ4v) is 1.78. The van der Waals surface area contributed by atoms with E-state index in [0.717, 1.165) is 6.07 Å². The zero-order chi connectivity index (χ0) is 17.5. The zero-order valence-corrected chi connectivity index (χ0v) is 12.9. The summed E-state index contributed by atoms with van der Waals surface area (Å²) in [7, 11) is 0. The average Bonchev–Trinajstić information content (AvgIpc) is 3.04. The molecule has 0 aliphatic heterocycles. The summed E-state index contributed by atoms with van der Waals surface area (Å²) in [4.78, 5) is 14.2. The summed E-state index contributed by atoms with van der Waals surface area (Å²) in [6.45, 7) is 0. The Labute approximate surface area is 140 Å². The zero-order valence-electron chi connectivity index (χ0n) is 12.1. The van der Waals surface area contributed by atoms with Crippen LogP contribution in [-0.4, -0.2) is 21.2 Å². The SMILES string of the molecule is Fc1cccc(-c2nc(CCl)no2)c1.O=C(O)c1cccc(F)c1. The summed E-state index contributed by atoms with van der Waals surface area (Å²) in [5.41, 5.74) is 0.522. The molecule has 1 aromatic heterocycles. The van der Waals surface area contributed by atoms with Crippen molar-refractivity contribution < 1.29 is 23.2 Å². The third kappa shape index (κ3) is 4.85. The molecule has 1 heterocycles. The Bertz CT molecular complexity index is 839. The number of nitrogens with zero attached hydrogens (tertiary/aromatic N) is 2. The molecule has 2 aromatic carbocycles. The molecule has 0 saturated heterocycles. The number of hydrogen-bond donors (Lipinski definition) is 1. The second kappa shape index (κ2) is 8.16. The van der Waals surface area contributed by atoms with Crippen molar-refractivity contribution >= 4 is 17.6 Å². The number of carboxylic acids is 1. The van der Waals surface area contributed by atoms with Gasteiger partial charge in [-0.3, -0.25) is 0 Å². The number of aromatic carboxylic acids is 1. The number of alkyl halides is 1. The minimum absolute atomic E-state index is 0.0278. The number of carboxylic acid groups (broad SMARTS) is 1. The van der Waals surface area contributed by atoms with Crippen molar-refractivity contribution in [1.29, 1.82) is 0 Å². The summed E-state index contributed by atoms with van der Waals surface area (Å²) in [5.74, 6) is -1.13. The first-order valence-electron chi connectivity index (χ1n) is 6.63. The van der Waals surface area contributed by atoms with Gasteiger partial charge in [-0.1, -0.05) is 17.3 Å². The molecule has 0 atom stereocenters. The molecule has 0 amide bonds. The maximum atomic E-state index is 12.8. The van der Waals surface area contributed by atoms with Crippen molar-refractivity contribution in [2.24, 2.45) is 0 Å². The Balaban J connectivity index is 0.000000185. The Morgan fingerprint density at radius 2 is 1.79 bits per heavy atom. The van der Waals surface area contributed by atoms with Crippen LogP contribution in [0.2, 0.25) is 0 Å². The first-order chi connectivity index (χ1) is 11.5. The van der Waals surface area contributed by atoms with Crippen LogP contribution in [0.3, 0.4) is 0 Å². The van der Waals surface area contributed by atoms with E-state index in [2.05, 4.69) is 10.1 Å². The van der Waals surface area contributed by atoms with Gasteiger partial charge in [-0.2, -0.15) is 4.98 Å². The lowest BCUT2D eigenvalue weighted by Gasteiger charge is -1.92. The summed E-state index contributed by atoms with van der Waals surface area (Å²) in [6, 6.07) is 10.8. The molecule has 0 unspecified atom stereocenters. The Morgan fingerprint density at radius 1 is 1.12 bits per heavy atom. The molecule has 5 nitrogen and oxygen atoms in total. The van der Waals surface area contributed by atoms with Gasteiger partial charge >= 0.3 is 5.97 Å². The van der Waals surface area contributed by atoms with Gasteiger partial charge in [-0.25, -0.2) is 13.6 Å².